The molecule has 144 valence electrons. The van der Waals surface area contributed by atoms with Crippen molar-refractivity contribution in [3.05, 3.63) is 95.3 Å². The molecule has 0 saturated carbocycles. The van der Waals surface area contributed by atoms with Gasteiger partial charge in [0, 0.05) is 6.92 Å². The summed E-state index contributed by atoms with van der Waals surface area (Å²) in [7, 11) is 0. The van der Waals surface area contributed by atoms with Crippen LogP contribution < -0.4 is 0 Å². The lowest BCUT2D eigenvalue weighted by atomic mass is 10.2. The summed E-state index contributed by atoms with van der Waals surface area (Å²) in [5.74, 6) is 0.723. The highest BCUT2D eigenvalue weighted by Crippen LogP contribution is 2.20. The third-order valence-corrected chi connectivity index (χ3v) is 4.69. The van der Waals surface area contributed by atoms with Gasteiger partial charge in [-0.15, -0.1) is 11.3 Å². The first-order chi connectivity index (χ1) is 13.1. The van der Waals surface area contributed by atoms with Gasteiger partial charge in [-0.05, 0) is 38.1 Å². The first-order valence-electron chi connectivity index (χ1n) is 8.78. The number of aromatic nitrogens is 2. The summed E-state index contributed by atoms with van der Waals surface area (Å²) in [6.45, 7) is 5.96. The van der Waals surface area contributed by atoms with E-state index >= 15 is 0 Å². The van der Waals surface area contributed by atoms with Gasteiger partial charge in [0.25, 0.3) is 0 Å². The number of thiazole rings is 1. The molecule has 3 nitrogen and oxygen atoms in total. The highest BCUT2D eigenvalue weighted by atomic mass is 32.1. The van der Waals surface area contributed by atoms with Gasteiger partial charge >= 0.3 is 0 Å². The fraction of sp³-hybridized carbons (Fsp3) is 0.167. The van der Waals surface area contributed by atoms with E-state index in [1.807, 2.05) is 74.5 Å². The molecule has 2 aromatic heterocycles. The second-order valence-corrected chi connectivity index (χ2v) is 7.29. The van der Waals surface area contributed by atoms with Crippen molar-refractivity contribution in [3.63, 3.8) is 0 Å². The Kier molecular flexibility index (Phi) is 7.90. The summed E-state index contributed by atoms with van der Waals surface area (Å²) in [6.07, 6.45) is 0. The van der Waals surface area contributed by atoms with Crippen molar-refractivity contribution in [3.8, 4) is 0 Å². The third-order valence-electron chi connectivity index (χ3n) is 3.74. The predicted molar refractivity (Wildman–Crippen MR) is 121 cm³/mol. The van der Waals surface area contributed by atoms with Crippen molar-refractivity contribution in [2.75, 3.05) is 0 Å². The van der Waals surface area contributed by atoms with Crippen molar-refractivity contribution in [1.82, 2.24) is 9.97 Å². The third kappa shape index (κ3) is 6.03. The van der Waals surface area contributed by atoms with Crippen LogP contribution >= 0.6 is 11.3 Å². The number of fused-ring (bicyclic) bond motifs is 2. The van der Waals surface area contributed by atoms with Crippen molar-refractivity contribution in [2.24, 2.45) is 0 Å². The second kappa shape index (κ2) is 10.4. The second-order valence-electron chi connectivity index (χ2n) is 6.06. The van der Waals surface area contributed by atoms with Gasteiger partial charge in [-0.1, -0.05) is 67.6 Å². The summed E-state index contributed by atoms with van der Waals surface area (Å²) in [5, 5.41) is 1.14. The zero-order valence-corrected chi connectivity index (χ0v) is 16.5. The average Bonchev–Trinajstić information content (AvgIpc) is 3.23. The topological polar surface area (TPSA) is 38.9 Å². The normalized spacial score (nSPS) is 9.68. The van der Waals surface area contributed by atoms with Gasteiger partial charge in [0.15, 0.2) is 11.5 Å². The summed E-state index contributed by atoms with van der Waals surface area (Å²) in [5.41, 5.74) is 4.23. The molecule has 0 bridgehead atoms. The van der Waals surface area contributed by atoms with E-state index in [9.17, 15) is 0 Å². The molecule has 4 heteroatoms. The van der Waals surface area contributed by atoms with Crippen LogP contribution in [-0.2, 0) is 0 Å². The molecule has 0 atom stereocenters. The van der Waals surface area contributed by atoms with Gasteiger partial charge in [-0.2, -0.15) is 0 Å². The number of para-hydroxylation sites is 3. The molecule has 0 unspecified atom stereocenters. The highest BCUT2D eigenvalue weighted by Gasteiger charge is 1.97. The lowest BCUT2D eigenvalue weighted by Crippen LogP contribution is -1.65. The number of oxazole rings is 1. The van der Waals surface area contributed by atoms with E-state index in [4.69, 9.17) is 4.42 Å². The summed E-state index contributed by atoms with van der Waals surface area (Å²) >= 11 is 1.74. The molecule has 0 spiro atoms. The number of hydrogen-bond donors (Lipinski definition) is 0. The number of rotatable bonds is 0. The zero-order valence-electron chi connectivity index (χ0n) is 15.7. The Balaban J connectivity index is 0.000000150. The minimum atomic E-state index is 0. The molecule has 0 N–H and O–H groups in total. The SMILES string of the molecule is C.Cc1ccccc1.Cc1nc2ccccc2o1.Cc1nc2ccccc2s1. The Morgan fingerprint density at radius 1 is 0.679 bits per heavy atom. The Morgan fingerprint density at radius 3 is 1.89 bits per heavy atom. The Labute approximate surface area is 170 Å². The number of nitrogens with zero attached hydrogens (tertiary/aromatic N) is 2. The van der Waals surface area contributed by atoms with E-state index in [2.05, 4.69) is 35.1 Å². The van der Waals surface area contributed by atoms with Gasteiger partial charge in [0.1, 0.15) is 5.52 Å². The molecule has 3 aromatic carbocycles. The number of benzene rings is 3. The van der Waals surface area contributed by atoms with Crippen LogP contribution in [0.15, 0.2) is 83.3 Å². The van der Waals surface area contributed by atoms with E-state index in [1.165, 1.54) is 10.3 Å². The number of hydrogen-bond acceptors (Lipinski definition) is 4. The molecule has 28 heavy (non-hydrogen) atoms. The van der Waals surface area contributed by atoms with E-state index in [1.54, 1.807) is 11.3 Å². The maximum absolute atomic E-state index is 5.26. The zero-order chi connectivity index (χ0) is 19.1. The van der Waals surface area contributed by atoms with Gasteiger partial charge in [0.05, 0.1) is 15.2 Å². The molecule has 0 aliphatic heterocycles. The molecule has 0 aliphatic rings. The first-order valence-corrected chi connectivity index (χ1v) is 9.59. The lowest BCUT2D eigenvalue weighted by Gasteiger charge is -1.82. The number of aryl methyl sites for hydroxylation is 3. The van der Waals surface area contributed by atoms with Crippen molar-refractivity contribution in [1.29, 1.82) is 0 Å². The van der Waals surface area contributed by atoms with Crippen molar-refractivity contribution in [2.45, 2.75) is 28.2 Å². The molecule has 0 amide bonds. The molecular weight excluding hydrogens is 364 g/mol. The van der Waals surface area contributed by atoms with E-state index < -0.39 is 0 Å². The van der Waals surface area contributed by atoms with Gasteiger partial charge in [-0.3, -0.25) is 0 Å². The predicted octanol–water partition coefficient (Wildman–Crippen LogP) is 7.37. The van der Waals surface area contributed by atoms with Crippen LogP contribution in [0.2, 0.25) is 0 Å². The molecular formula is C24H26N2OS. The quantitative estimate of drug-likeness (QED) is 0.277. The van der Waals surface area contributed by atoms with Gasteiger partial charge in [-0.25, -0.2) is 9.97 Å². The fourth-order valence-electron chi connectivity index (χ4n) is 2.51. The van der Waals surface area contributed by atoms with E-state index in [0.29, 0.717) is 0 Å². The van der Waals surface area contributed by atoms with Crippen LogP contribution in [0.4, 0.5) is 0 Å². The fourth-order valence-corrected chi connectivity index (χ4v) is 3.34. The minimum absolute atomic E-state index is 0. The lowest BCUT2D eigenvalue weighted by molar-refractivity contribution is 0.561. The molecule has 5 aromatic rings. The molecule has 5 rings (SSSR count). The van der Waals surface area contributed by atoms with Crippen LogP contribution in [0.25, 0.3) is 21.3 Å². The van der Waals surface area contributed by atoms with Gasteiger partial charge in [0.2, 0.25) is 0 Å². The Bertz CT molecular complexity index is 975. The minimum Gasteiger partial charge on any atom is -0.441 e. The van der Waals surface area contributed by atoms with Crippen molar-refractivity contribution < 1.29 is 4.42 Å². The standard InChI is InChI=1S/C8H7NO.C8H7NS.C7H8.CH4/c2*1-6-9-7-4-2-3-5-8(7)10-6;1-7-5-3-2-4-6-7;/h2*2-5H,1H3;2-6H,1H3;1H4. The van der Waals surface area contributed by atoms with E-state index in [0.717, 1.165) is 27.5 Å². The Hall–Kier alpha value is -2.98. The molecule has 0 radical (unpaired) electrons. The summed E-state index contributed by atoms with van der Waals surface area (Å²) in [6, 6.07) is 26.2. The van der Waals surface area contributed by atoms with Crippen molar-refractivity contribution >= 4 is 32.7 Å². The van der Waals surface area contributed by atoms with Crippen LogP contribution in [0.1, 0.15) is 23.9 Å². The van der Waals surface area contributed by atoms with Crippen LogP contribution in [-0.4, -0.2) is 9.97 Å². The maximum atomic E-state index is 5.26. The van der Waals surface area contributed by atoms with Crippen LogP contribution in [0, 0.1) is 20.8 Å². The van der Waals surface area contributed by atoms with Gasteiger partial charge < -0.3 is 4.42 Å². The van der Waals surface area contributed by atoms with Crippen LogP contribution in [0.5, 0.6) is 0 Å². The molecule has 2 heterocycles. The first kappa shape index (κ1) is 21.3. The smallest absolute Gasteiger partial charge is 0.192 e. The summed E-state index contributed by atoms with van der Waals surface area (Å²) in [4.78, 5) is 8.48. The highest BCUT2D eigenvalue weighted by molar-refractivity contribution is 7.18. The summed E-state index contributed by atoms with van der Waals surface area (Å²) < 4.78 is 6.53. The maximum Gasteiger partial charge on any atom is 0.192 e. The largest absolute Gasteiger partial charge is 0.441 e. The van der Waals surface area contributed by atoms with Crippen LogP contribution in [0.3, 0.4) is 0 Å². The molecule has 0 saturated heterocycles. The molecule has 0 fully saturated rings. The monoisotopic (exact) mass is 390 g/mol. The Morgan fingerprint density at radius 2 is 1.29 bits per heavy atom. The average molecular weight is 391 g/mol. The molecule has 0 aliphatic carbocycles. The van der Waals surface area contributed by atoms with E-state index in [-0.39, 0.29) is 7.43 Å².